The highest BCUT2D eigenvalue weighted by atomic mass is 19.4. The Morgan fingerprint density at radius 3 is 2.74 bits per heavy atom. The van der Waals surface area contributed by atoms with Crippen LogP contribution >= 0.6 is 0 Å². The first-order chi connectivity index (χ1) is 16.7. The third-order valence-corrected chi connectivity index (χ3v) is 5.86. The van der Waals surface area contributed by atoms with E-state index in [1.807, 2.05) is 6.07 Å². The average molecular weight is 483 g/mol. The minimum absolute atomic E-state index is 0.130. The van der Waals surface area contributed by atoms with Crippen LogP contribution in [0.1, 0.15) is 54.2 Å². The number of ether oxygens (including phenoxy) is 1. The number of halogens is 4. The molecule has 0 saturated heterocycles. The van der Waals surface area contributed by atoms with E-state index < -0.39 is 35.7 Å². The molecule has 0 radical (unpaired) electrons. The second kappa shape index (κ2) is 9.79. The minimum Gasteiger partial charge on any atom is -0.485 e. The number of pyridine rings is 1. The Morgan fingerprint density at radius 2 is 2.03 bits per heavy atom. The van der Waals surface area contributed by atoms with E-state index in [1.165, 1.54) is 24.3 Å². The maximum atomic E-state index is 14.8. The number of aryl methyl sites for hydroxylation is 1. The molecule has 2 unspecified atom stereocenters. The van der Waals surface area contributed by atoms with Gasteiger partial charge in [-0.25, -0.2) is 4.39 Å². The lowest BCUT2D eigenvalue weighted by Gasteiger charge is -2.28. The third kappa shape index (κ3) is 5.29. The number of carboxylic acids is 1. The van der Waals surface area contributed by atoms with Gasteiger partial charge in [0.25, 0.3) is 0 Å². The molecular formula is C27H21F4NO3. The highest BCUT2D eigenvalue weighted by Gasteiger charge is 2.36. The first-order valence-corrected chi connectivity index (χ1v) is 10.9. The second-order valence-corrected chi connectivity index (χ2v) is 8.19. The first kappa shape index (κ1) is 24.3. The fraction of sp³-hybridized carbons (Fsp3) is 0.259. The van der Waals surface area contributed by atoms with Gasteiger partial charge in [-0.3, -0.25) is 9.78 Å². The molecule has 1 aliphatic rings. The summed E-state index contributed by atoms with van der Waals surface area (Å²) in [5.74, 6) is 4.20. The zero-order valence-corrected chi connectivity index (χ0v) is 18.7. The van der Waals surface area contributed by atoms with Gasteiger partial charge in [0.05, 0.1) is 12.3 Å². The van der Waals surface area contributed by atoms with Gasteiger partial charge in [-0.1, -0.05) is 30.2 Å². The molecule has 1 aromatic heterocycles. The van der Waals surface area contributed by atoms with Gasteiger partial charge in [-0.2, -0.15) is 13.2 Å². The average Bonchev–Trinajstić information content (AvgIpc) is 2.83. The van der Waals surface area contributed by atoms with E-state index in [0.29, 0.717) is 18.6 Å². The summed E-state index contributed by atoms with van der Waals surface area (Å²) in [6.45, 7) is 1.65. The van der Waals surface area contributed by atoms with Crippen molar-refractivity contribution in [2.45, 2.75) is 44.4 Å². The van der Waals surface area contributed by atoms with Crippen molar-refractivity contribution >= 4 is 5.97 Å². The van der Waals surface area contributed by atoms with Crippen LogP contribution in [0.15, 0.2) is 54.7 Å². The van der Waals surface area contributed by atoms with E-state index in [-0.39, 0.29) is 23.1 Å². The smallest absolute Gasteiger partial charge is 0.433 e. The molecule has 0 aliphatic carbocycles. The van der Waals surface area contributed by atoms with Gasteiger partial charge in [-0.05, 0) is 60.7 Å². The van der Waals surface area contributed by atoms with Crippen LogP contribution in [-0.4, -0.2) is 16.1 Å². The summed E-state index contributed by atoms with van der Waals surface area (Å²) in [7, 11) is 0. The van der Waals surface area contributed by atoms with Crippen molar-refractivity contribution < 1.29 is 32.2 Å². The predicted molar refractivity (Wildman–Crippen MR) is 121 cm³/mol. The zero-order chi connectivity index (χ0) is 25.2. The van der Waals surface area contributed by atoms with Crippen LogP contribution in [0.2, 0.25) is 0 Å². The Balaban J connectivity index is 1.64. The third-order valence-electron chi connectivity index (χ3n) is 5.86. The van der Waals surface area contributed by atoms with Gasteiger partial charge >= 0.3 is 12.1 Å². The fourth-order valence-corrected chi connectivity index (χ4v) is 4.27. The molecule has 0 bridgehead atoms. The number of benzene rings is 2. The number of hydrogen-bond donors (Lipinski definition) is 1. The quantitative estimate of drug-likeness (QED) is 0.330. The van der Waals surface area contributed by atoms with Crippen molar-refractivity contribution in [1.82, 2.24) is 4.98 Å². The Labute approximate surface area is 199 Å². The molecular weight excluding hydrogens is 462 g/mol. The van der Waals surface area contributed by atoms with Crippen molar-refractivity contribution in [2.75, 3.05) is 0 Å². The van der Waals surface area contributed by atoms with Crippen molar-refractivity contribution in [2.24, 2.45) is 0 Å². The number of hydrogen-bond acceptors (Lipinski definition) is 3. The van der Waals surface area contributed by atoms with E-state index in [4.69, 9.17) is 9.84 Å². The summed E-state index contributed by atoms with van der Waals surface area (Å²) in [6.07, 6.45) is -3.47. The number of rotatable bonds is 5. The molecule has 0 fully saturated rings. The standard InChI is InChI=1S/C27H21F4NO3/c1-2-4-16(15-25(33)34)17-7-10-23-19(13-17)8-11-24(35-23)21-14-18(6-9-22(21)28)20-5-3-12-32-26(20)27(29,30)31/h3,5-7,9-10,12-14,16,24H,8,11,15H2,1H3,(H,33,34). The van der Waals surface area contributed by atoms with Crippen LogP contribution < -0.4 is 4.74 Å². The van der Waals surface area contributed by atoms with Crippen LogP contribution in [0, 0.1) is 17.7 Å². The van der Waals surface area contributed by atoms with Gasteiger partial charge in [-0.15, -0.1) is 5.92 Å². The largest absolute Gasteiger partial charge is 0.485 e. The summed E-state index contributed by atoms with van der Waals surface area (Å²) in [6, 6.07) is 11.8. The molecule has 2 atom stereocenters. The van der Waals surface area contributed by atoms with E-state index in [9.17, 15) is 22.4 Å². The lowest BCUT2D eigenvalue weighted by atomic mass is 9.90. The number of alkyl halides is 3. The zero-order valence-electron chi connectivity index (χ0n) is 18.7. The minimum atomic E-state index is -4.65. The fourth-order valence-electron chi connectivity index (χ4n) is 4.27. The van der Waals surface area contributed by atoms with Gasteiger partial charge < -0.3 is 9.84 Å². The van der Waals surface area contributed by atoms with Gasteiger partial charge in [0, 0.05) is 17.3 Å². The molecule has 0 amide bonds. The molecule has 180 valence electrons. The Morgan fingerprint density at radius 1 is 1.23 bits per heavy atom. The number of aromatic nitrogens is 1. The Bertz CT molecular complexity index is 1320. The summed E-state index contributed by atoms with van der Waals surface area (Å²) in [5, 5.41) is 9.17. The first-order valence-electron chi connectivity index (χ1n) is 10.9. The normalized spacial score (nSPS) is 15.9. The van der Waals surface area contributed by atoms with Crippen LogP contribution in [-0.2, 0) is 17.4 Å². The number of carboxylic acid groups (broad SMARTS) is 1. The number of carbonyl (C=O) groups is 1. The highest BCUT2D eigenvalue weighted by Crippen LogP contribution is 2.40. The van der Waals surface area contributed by atoms with Gasteiger partial charge in [0.2, 0.25) is 0 Å². The SMILES string of the molecule is CC#CC(CC(=O)O)c1ccc2c(c1)CCC(c1cc(-c3cccnc3C(F)(F)F)ccc1F)O2. The molecule has 0 spiro atoms. The maximum Gasteiger partial charge on any atom is 0.433 e. The van der Waals surface area contributed by atoms with Crippen LogP contribution in [0.3, 0.4) is 0 Å². The topological polar surface area (TPSA) is 59.4 Å². The van der Waals surface area contributed by atoms with Crippen LogP contribution in [0.25, 0.3) is 11.1 Å². The summed E-state index contributed by atoms with van der Waals surface area (Å²) in [5.41, 5.74) is 0.785. The molecule has 1 aliphatic heterocycles. The van der Waals surface area contributed by atoms with E-state index in [0.717, 1.165) is 23.4 Å². The number of nitrogens with zero attached hydrogens (tertiary/aromatic N) is 1. The predicted octanol–water partition coefficient (Wildman–Crippen LogP) is 6.55. The molecule has 3 aromatic rings. The molecule has 2 heterocycles. The van der Waals surface area contributed by atoms with E-state index in [1.54, 1.807) is 19.1 Å². The lowest BCUT2D eigenvalue weighted by Crippen LogP contribution is -2.17. The van der Waals surface area contributed by atoms with Crippen molar-refractivity contribution in [3.8, 4) is 28.7 Å². The maximum absolute atomic E-state index is 14.8. The molecule has 4 rings (SSSR count). The van der Waals surface area contributed by atoms with Crippen LogP contribution in [0.4, 0.5) is 17.6 Å². The molecule has 8 heteroatoms. The summed E-state index contributed by atoms with van der Waals surface area (Å²) >= 11 is 0. The van der Waals surface area contributed by atoms with Gasteiger partial charge in [0.1, 0.15) is 17.7 Å². The molecule has 0 saturated carbocycles. The van der Waals surface area contributed by atoms with Crippen molar-refractivity contribution in [3.63, 3.8) is 0 Å². The number of aliphatic carboxylic acids is 1. The van der Waals surface area contributed by atoms with Gasteiger partial charge in [0.15, 0.2) is 5.69 Å². The second-order valence-electron chi connectivity index (χ2n) is 8.19. The molecule has 35 heavy (non-hydrogen) atoms. The number of fused-ring (bicyclic) bond motifs is 1. The summed E-state index contributed by atoms with van der Waals surface area (Å²) < 4.78 is 61.1. The van der Waals surface area contributed by atoms with Crippen LogP contribution in [0.5, 0.6) is 5.75 Å². The van der Waals surface area contributed by atoms with Crippen molar-refractivity contribution in [1.29, 1.82) is 0 Å². The summed E-state index contributed by atoms with van der Waals surface area (Å²) in [4.78, 5) is 14.7. The van der Waals surface area contributed by atoms with Crippen molar-refractivity contribution in [3.05, 3.63) is 82.9 Å². The lowest BCUT2D eigenvalue weighted by molar-refractivity contribution is -0.140. The molecule has 2 aromatic carbocycles. The Hall–Kier alpha value is -3.86. The molecule has 4 nitrogen and oxygen atoms in total. The van der Waals surface area contributed by atoms with E-state index in [2.05, 4.69) is 16.8 Å². The monoisotopic (exact) mass is 483 g/mol. The molecule has 1 N–H and O–H groups in total. The van der Waals surface area contributed by atoms with E-state index >= 15 is 0 Å². The highest BCUT2D eigenvalue weighted by molar-refractivity contribution is 5.69. The Kier molecular flexibility index (Phi) is 6.79.